The van der Waals surface area contributed by atoms with Gasteiger partial charge in [-0.25, -0.2) is 14.7 Å². The number of nitrogens with zero attached hydrogens (tertiary/aromatic N) is 1. The maximum Gasteiger partial charge on any atom is 0.301 e. The Balaban J connectivity index is 1.77. The summed E-state index contributed by atoms with van der Waals surface area (Å²) in [6.07, 6.45) is -0.502. The second-order valence-electron chi connectivity index (χ2n) is 4.10. The van der Waals surface area contributed by atoms with Crippen molar-refractivity contribution in [2.75, 3.05) is 47.1 Å². The van der Waals surface area contributed by atoms with E-state index in [0.717, 1.165) is 0 Å². The molecule has 18 heavy (non-hydrogen) atoms. The molecule has 0 N–H and O–H groups in total. The van der Waals surface area contributed by atoms with Crippen molar-refractivity contribution in [1.29, 1.82) is 0 Å². The van der Waals surface area contributed by atoms with Gasteiger partial charge in [0.1, 0.15) is 13.2 Å². The standard InChI is InChI=1S/C10H19NO7/c1-11(2)8(9-12-3-5-15-17-9)7-14-10-13-4-6-16-18-10/h8-10H,3-7H2,1-2H3. The summed E-state index contributed by atoms with van der Waals surface area (Å²) in [5, 5.41) is 0. The number of hydrogen-bond acceptors (Lipinski definition) is 8. The Morgan fingerprint density at radius 3 is 2.33 bits per heavy atom. The minimum Gasteiger partial charge on any atom is -0.346 e. The van der Waals surface area contributed by atoms with Crippen LogP contribution >= 0.6 is 0 Å². The van der Waals surface area contributed by atoms with E-state index in [0.29, 0.717) is 33.0 Å². The van der Waals surface area contributed by atoms with Gasteiger partial charge in [0.25, 0.3) is 0 Å². The topological polar surface area (TPSA) is 67.9 Å². The number of likely N-dealkylation sites (N-methyl/N-ethyl adjacent to an activating group) is 1. The van der Waals surface area contributed by atoms with Crippen LogP contribution in [0.4, 0.5) is 0 Å². The van der Waals surface area contributed by atoms with Gasteiger partial charge in [0.15, 0.2) is 0 Å². The van der Waals surface area contributed by atoms with E-state index in [1.165, 1.54) is 0 Å². The molecule has 0 spiro atoms. The highest BCUT2D eigenvalue weighted by Crippen LogP contribution is 2.14. The van der Waals surface area contributed by atoms with Gasteiger partial charge in [0.05, 0.1) is 25.9 Å². The molecule has 8 heteroatoms. The minimum absolute atomic E-state index is 0.139. The third kappa shape index (κ3) is 4.11. The molecule has 3 atom stereocenters. The van der Waals surface area contributed by atoms with Gasteiger partial charge in [-0.15, -0.1) is 0 Å². The first-order valence-corrected chi connectivity index (χ1v) is 5.85. The Bertz CT molecular complexity index is 228. The summed E-state index contributed by atoms with van der Waals surface area (Å²) in [6.45, 7) is 1.26. The SMILES string of the molecule is CN(C)C(COC1OCCOO1)C1OCCOO1. The zero-order valence-corrected chi connectivity index (χ0v) is 10.6. The summed E-state index contributed by atoms with van der Waals surface area (Å²) in [5.74, 6) is 0. The number of ether oxygens (including phenoxy) is 3. The average molecular weight is 265 g/mol. The van der Waals surface area contributed by atoms with Crippen LogP contribution in [-0.4, -0.2) is 70.8 Å². The second-order valence-corrected chi connectivity index (χ2v) is 4.10. The normalized spacial score (nSPS) is 31.5. The summed E-state index contributed by atoms with van der Waals surface area (Å²) >= 11 is 0. The summed E-state index contributed by atoms with van der Waals surface area (Å²) in [7, 11) is 3.79. The lowest BCUT2D eigenvalue weighted by atomic mass is 10.3. The van der Waals surface area contributed by atoms with Gasteiger partial charge in [0, 0.05) is 0 Å². The first-order valence-electron chi connectivity index (χ1n) is 5.85. The van der Waals surface area contributed by atoms with Crippen LogP contribution in [0.5, 0.6) is 0 Å². The van der Waals surface area contributed by atoms with Crippen LogP contribution in [0.1, 0.15) is 0 Å². The summed E-state index contributed by atoms with van der Waals surface area (Å²) < 4.78 is 16.1. The molecule has 0 aliphatic carbocycles. The van der Waals surface area contributed by atoms with Crippen LogP contribution in [0, 0.1) is 0 Å². The Morgan fingerprint density at radius 2 is 1.78 bits per heavy atom. The molecule has 0 aromatic heterocycles. The van der Waals surface area contributed by atoms with E-state index in [2.05, 4.69) is 0 Å². The lowest BCUT2D eigenvalue weighted by Gasteiger charge is -2.33. The smallest absolute Gasteiger partial charge is 0.301 e. The van der Waals surface area contributed by atoms with E-state index in [9.17, 15) is 0 Å². The lowest BCUT2D eigenvalue weighted by Crippen LogP contribution is -2.48. The van der Waals surface area contributed by atoms with E-state index >= 15 is 0 Å². The molecule has 2 aliphatic heterocycles. The summed E-state index contributed by atoms with van der Waals surface area (Å²) in [6, 6.07) is -0.139. The molecule has 0 radical (unpaired) electrons. The van der Waals surface area contributed by atoms with E-state index in [4.69, 9.17) is 33.8 Å². The monoisotopic (exact) mass is 265 g/mol. The number of rotatable bonds is 5. The lowest BCUT2D eigenvalue weighted by molar-refractivity contribution is -0.481. The molecule has 0 bridgehead atoms. The largest absolute Gasteiger partial charge is 0.346 e. The van der Waals surface area contributed by atoms with E-state index in [1.54, 1.807) is 0 Å². The van der Waals surface area contributed by atoms with Crippen LogP contribution in [-0.2, 0) is 33.8 Å². The van der Waals surface area contributed by atoms with Crippen molar-refractivity contribution in [1.82, 2.24) is 4.90 Å². The quantitative estimate of drug-likeness (QED) is 0.616. The molecule has 2 rings (SSSR count). The van der Waals surface area contributed by atoms with Gasteiger partial charge in [-0.1, -0.05) is 0 Å². The molecule has 0 amide bonds. The Hall–Kier alpha value is -0.320. The van der Waals surface area contributed by atoms with Crippen molar-refractivity contribution in [3.63, 3.8) is 0 Å². The molecule has 0 aromatic carbocycles. The summed E-state index contributed by atoms with van der Waals surface area (Å²) in [5.41, 5.74) is 0. The van der Waals surface area contributed by atoms with Crippen molar-refractivity contribution < 1.29 is 33.8 Å². The average Bonchev–Trinajstić information content (AvgIpc) is 2.41. The van der Waals surface area contributed by atoms with Crippen molar-refractivity contribution in [3.05, 3.63) is 0 Å². The molecule has 0 aromatic rings. The Labute approximate surface area is 105 Å². The Morgan fingerprint density at radius 1 is 1.06 bits per heavy atom. The van der Waals surface area contributed by atoms with Gasteiger partial charge < -0.3 is 14.2 Å². The molecular formula is C10H19NO7. The summed E-state index contributed by atoms with van der Waals surface area (Å²) in [4.78, 5) is 21.5. The predicted molar refractivity (Wildman–Crippen MR) is 57.0 cm³/mol. The second kappa shape index (κ2) is 7.31. The van der Waals surface area contributed by atoms with E-state index < -0.39 is 12.8 Å². The fraction of sp³-hybridized carbons (Fsp3) is 1.00. The molecule has 2 heterocycles. The van der Waals surface area contributed by atoms with Crippen molar-refractivity contribution in [2.45, 2.75) is 18.8 Å². The predicted octanol–water partition coefficient (Wildman–Crippen LogP) is -0.500. The zero-order chi connectivity index (χ0) is 12.8. The highest BCUT2D eigenvalue weighted by atomic mass is 17.3. The maximum atomic E-state index is 5.46. The molecule has 2 saturated heterocycles. The van der Waals surface area contributed by atoms with Crippen LogP contribution in [0.25, 0.3) is 0 Å². The fourth-order valence-electron chi connectivity index (χ4n) is 1.55. The highest BCUT2D eigenvalue weighted by Gasteiger charge is 2.30. The molecule has 106 valence electrons. The zero-order valence-electron chi connectivity index (χ0n) is 10.6. The van der Waals surface area contributed by atoms with Gasteiger partial charge in [-0.2, -0.15) is 4.89 Å². The Kier molecular flexibility index (Phi) is 5.73. The third-order valence-electron chi connectivity index (χ3n) is 2.56. The van der Waals surface area contributed by atoms with Crippen molar-refractivity contribution in [3.8, 4) is 0 Å². The fourth-order valence-corrected chi connectivity index (χ4v) is 1.55. The molecule has 2 aliphatic rings. The first kappa shape index (κ1) is 14.1. The van der Waals surface area contributed by atoms with Crippen molar-refractivity contribution >= 4 is 0 Å². The van der Waals surface area contributed by atoms with E-state index in [-0.39, 0.29) is 6.04 Å². The van der Waals surface area contributed by atoms with Gasteiger partial charge in [0.2, 0.25) is 6.29 Å². The molecule has 3 unspecified atom stereocenters. The van der Waals surface area contributed by atoms with Gasteiger partial charge in [-0.05, 0) is 14.1 Å². The molecule has 2 fully saturated rings. The van der Waals surface area contributed by atoms with Crippen LogP contribution < -0.4 is 0 Å². The maximum absolute atomic E-state index is 5.46. The van der Waals surface area contributed by atoms with Crippen molar-refractivity contribution in [2.24, 2.45) is 0 Å². The first-order chi connectivity index (χ1) is 8.77. The molecule has 8 nitrogen and oxygen atoms in total. The van der Waals surface area contributed by atoms with Crippen LogP contribution in [0.3, 0.4) is 0 Å². The highest BCUT2D eigenvalue weighted by molar-refractivity contribution is 4.70. The minimum atomic E-state index is -0.814. The van der Waals surface area contributed by atoms with E-state index in [1.807, 2.05) is 19.0 Å². The van der Waals surface area contributed by atoms with Gasteiger partial charge in [-0.3, -0.25) is 4.90 Å². The van der Waals surface area contributed by atoms with Crippen LogP contribution in [0.15, 0.2) is 0 Å². The van der Waals surface area contributed by atoms with Crippen LogP contribution in [0.2, 0.25) is 0 Å². The molecular weight excluding hydrogens is 246 g/mol. The van der Waals surface area contributed by atoms with Gasteiger partial charge >= 0.3 is 6.48 Å². The molecule has 0 saturated carbocycles. The number of hydrogen-bond donors (Lipinski definition) is 0. The third-order valence-corrected chi connectivity index (χ3v) is 2.56.